The Hall–Kier alpha value is -2.78. The first kappa shape index (κ1) is 21.9. The van der Waals surface area contributed by atoms with Crippen LogP contribution in [0.3, 0.4) is 0 Å². The number of nitrogens with one attached hydrogen (secondary N) is 2. The van der Waals surface area contributed by atoms with Crippen molar-refractivity contribution in [1.29, 1.82) is 0 Å². The van der Waals surface area contributed by atoms with Crippen molar-refractivity contribution in [3.63, 3.8) is 0 Å². The topological polar surface area (TPSA) is 108 Å². The first-order valence-electron chi connectivity index (χ1n) is 9.97. The Bertz CT molecular complexity index is 987. The maximum atomic E-state index is 12.6. The second kappa shape index (κ2) is 9.82. The average Bonchev–Trinajstić information content (AvgIpc) is 2.78. The minimum Gasteiger partial charge on any atom is -0.347 e. The maximum absolute atomic E-state index is 12.6. The molecule has 1 aliphatic rings. The number of nitrogens with zero attached hydrogens (tertiary/aromatic N) is 2. The lowest BCUT2D eigenvalue weighted by Gasteiger charge is -2.30. The number of aryl methyl sites for hydroxylation is 1. The smallest absolute Gasteiger partial charge is 0.244 e. The van der Waals surface area contributed by atoms with E-state index in [2.05, 4.69) is 15.6 Å². The summed E-state index contributed by atoms with van der Waals surface area (Å²) in [4.78, 5) is 28.6. The lowest BCUT2D eigenvalue weighted by atomic mass is 9.97. The van der Waals surface area contributed by atoms with Gasteiger partial charge in [-0.2, -0.15) is 4.31 Å². The lowest BCUT2D eigenvalue weighted by molar-refractivity contribution is -0.128. The lowest BCUT2D eigenvalue weighted by Crippen LogP contribution is -2.44. The van der Waals surface area contributed by atoms with Crippen molar-refractivity contribution in [3.05, 3.63) is 54.4 Å². The number of carbonyl (C=O) groups is 2. The van der Waals surface area contributed by atoms with Crippen LogP contribution in [0.5, 0.6) is 0 Å². The normalized spacial score (nSPS) is 15.5. The van der Waals surface area contributed by atoms with Crippen molar-refractivity contribution in [2.75, 3.05) is 25.0 Å². The highest BCUT2D eigenvalue weighted by Crippen LogP contribution is 2.23. The summed E-state index contributed by atoms with van der Waals surface area (Å²) >= 11 is 0. The number of hydrogen-bond donors (Lipinski definition) is 2. The molecule has 0 radical (unpaired) electrons. The van der Waals surface area contributed by atoms with Crippen LogP contribution in [0, 0.1) is 5.92 Å². The highest BCUT2D eigenvalue weighted by Gasteiger charge is 2.32. The van der Waals surface area contributed by atoms with Crippen molar-refractivity contribution in [2.45, 2.75) is 31.1 Å². The summed E-state index contributed by atoms with van der Waals surface area (Å²) in [6.07, 6.45) is 4.45. The number of piperidine rings is 1. The molecule has 0 spiro atoms. The van der Waals surface area contributed by atoms with Crippen LogP contribution in [0.2, 0.25) is 0 Å². The molecule has 30 heavy (non-hydrogen) atoms. The van der Waals surface area contributed by atoms with Crippen LogP contribution in [-0.4, -0.2) is 49.2 Å². The molecule has 2 N–H and O–H groups in total. The fourth-order valence-corrected chi connectivity index (χ4v) is 4.90. The van der Waals surface area contributed by atoms with Crippen LogP contribution >= 0.6 is 0 Å². The summed E-state index contributed by atoms with van der Waals surface area (Å²) in [7, 11) is -3.60. The first-order valence-corrected chi connectivity index (χ1v) is 11.4. The molecule has 0 saturated carbocycles. The van der Waals surface area contributed by atoms with Crippen LogP contribution in [0.25, 0.3) is 0 Å². The second-order valence-corrected chi connectivity index (χ2v) is 9.08. The third-order valence-electron chi connectivity index (χ3n) is 5.19. The van der Waals surface area contributed by atoms with Crippen LogP contribution in [0.1, 0.15) is 25.3 Å². The van der Waals surface area contributed by atoms with Crippen LogP contribution in [-0.2, 0) is 26.0 Å². The van der Waals surface area contributed by atoms with E-state index in [1.165, 1.54) is 22.8 Å². The van der Waals surface area contributed by atoms with Crippen molar-refractivity contribution in [1.82, 2.24) is 14.6 Å². The average molecular weight is 431 g/mol. The third-order valence-corrected chi connectivity index (χ3v) is 7.07. The second-order valence-electron chi connectivity index (χ2n) is 7.14. The number of sulfonamides is 1. The number of aromatic nitrogens is 1. The predicted octanol–water partition coefficient (Wildman–Crippen LogP) is 1.80. The van der Waals surface area contributed by atoms with Crippen LogP contribution < -0.4 is 10.6 Å². The molecule has 2 amide bonds. The number of pyridine rings is 1. The van der Waals surface area contributed by atoms with Gasteiger partial charge in [0, 0.05) is 37.1 Å². The van der Waals surface area contributed by atoms with Crippen molar-refractivity contribution in [3.8, 4) is 0 Å². The number of benzene rings is 1. The zero-order valence-electron chi connectivity index (χ0n) is 16.9. The van der Waals surface area contributed by atoms with Crippen molar-refractivity contribution in [2.24, 2.45) is 5.92 Å². The number of hydrogen-bond acceptors (Lipinski definition) is 5. The fourth-order valence-electron chi connectivity index (χ4n) is 3.46. The van der Waals surface area contributed by atoms with Crippen molar-refractivity contribution >= 4 is 27.5 Å². The molecule has 2 heterocycles. The van der Waals surface area contributed by atoms with Gasteiger partial charge < -0.3 is 10.6 Å². The van der Waals surface area contributed by atoms with Gasteiger partial charge >= 0.3 is 0 Å². The summed E-state index contributed by atoms with van der Waals surface area (Å²) in [5, 5.41) is 5.48. The molecule has 0 aliphatic carbocycles. The van der Waals surface area contributed by atoms with Gasteiger partial charge in [0.05, 0.1) is 6.54 Å². The van der Waals surface area contributed by atoms with E-state index in [1.54, 1.807) is 6.07 Å². The summed E-state index contributed by atoms with van der Waals surface area (Å²) in [6.45, 7) is 2.40. The number of carbonyl (C=O) groups excluding carboxylic acids is 2. The minimum atomic E-state index is -3.60. The molecule has 3 rings (SSSR count). The van der Waals surface area contributed by atoms with E-state index in [0.717, 1.165) is 17.7 Å². The molecule has 9 heteroatoms. The third kappa shape index (κ3) is 5.22. The molecule has 0 bridgehead atoms. The number of amides is 2. The van der Waals surface area contributed by atoms with Crippen LogP contribution in [0.15, 0.2) is 53.7 Å². The molecular formula is C21H26N4O4S. The molecule has 1 saturated heterocycles. The Morgan fingerprint density at radius 3 is 2.53 bits per heavy atom. The highest BCUT2D eigenvalue weighted by molar-refractivity contribution is 7.89. The standard InChI is InChI=1S/C21H26N4O4S/c1-2-16-6-3-4-8-19(16)24-20(26)15-23-21(27)17-9-12-25(13-10-17)30(28,29)18-7-5-11-22-14-18/h3-8,11,14,17H,2,9-10,12-13,15H2,1H3,(H,23,27)(H,24,26). The zero-order chi connectivity index (χ0) is 21.6. The van der Waals surface area contributed by atoms with Gasteiger partial charge in [-0.1, -0.05) is 25.1 Å². The summed E-state index contributed by atoms with van der Waals surface area (Å²) in [6, 6.07) is 10.6. The van der Waals surface area contributed by atoms with Gasteiger partial charge in [-0.15, -0.1) is 0 Å². The SMILES string of the molecule is CCc1ccccc1NC(=O)CNC(=O)C1CCN(S(=O)(=O)c2cccnc2)CC1. The Morgan fingerprint density at radius 2 is 1.87 bits per heavy atom. The van der Waals surface area contributed by atoms with E-state index >= 15 is 0 Å². The molecular weight excluding hydrogens is 404 g/mol. The Kier molecular flexibility index (Phi) is 7.17. The van der Waals surface area contributed by atoms with Gasteiger partial charge in [0.15, 0.2) is 0 Å². The summed E-state index contributed by atoms with van der Waals surface area (Å²) in [5.74, 6) is -0.839. The van der Waals surface area contributed by atoms with E-state index in [1.807, 2.05) is 31.2 Å². The van der Waals surface area contributed by atoms with Gasteiger partial charge in [0.1, 0.15) is 4.90 Å². The van der Waals surface area contributed by atoms with Gasteiger partial charge in [0.25, 0.3) is 0 Å². The largest absolute Gasteiger partial charge is 0.347 e. The molecule has 160 valence electrons. The highest BCUT2D eigenvalue weighted by atomic mass is 32.2. The van der Waals surface area contributed by atoms with E-state index in [4.69, 9.17) is 0 Å². The van der Waals surface area contributed by atoms with E-state index < -0.39 is 10.0 Å². The van der Waals surface area contributed by atoms with Gasteiger partial charge in [-0.3, -0.25) is 14.6 Å². The molecule has 2 aromatic rings. The zero-order valence-corrected chi connectivity index (χ0v) is 17.7. The maximum Gasteiger partial charge on any atom is 0.244 e. The molecule has 8 nitrogen and oxygen atoms in total. The van der Waals surface area contributed by atoms with Crippen molar-refractivity contribution < 1.29 is 18.0 Å². The number of anilines is 1. The van der Waals surface area contributed by atoms with Gasteiger partial charge in [-0.25, -0.2) is 8.42 Å². The molecule has 1 aliphatic heterocycles. The Balaban J connectivity index is 1.48. The van der Waals surface area contributed by atoms with E-state index in [-0.39, 0.29) is 42.3 Å². The monoisotopic (exact) mass is 430 g/mol. The van der Waals surface area contributed by atoms with Crippen LogP contribution in [0.4, 0.5) is 5.69 Å². The van der Waals surface area contributed by atoms with Gasteiger partial charge in [-0.05, 0) is 43.0 Å². The fraction of sp³-hybridized carbons (Fsp3) is 0.381. The van der Waals surface area contributed by atoms with E-state index in [9.17, 15) is 18.0 Å². The predicted molar refractivity (Wildman–Crippen MR) is 113 cm³/mol. The van der Waals surface area contributed by atoms with E-state index in [0.29, 0.717) is 12.8 Å². The molecule has 0 unspecified atom stereocenters. The molecule has 1 aromatic heterocycles. The Labute approximate surface area is 176 Å². The first-order chi connectivity index (χ1) is 14.4. The summed E-state index contributed by atoms with van der Waals surface area (Å²) < 4.78 is 26.7. The molecule has 1 fully saturated rings. The minimum absolute atomic E-state index is 0.120. The number of para-hydroxylation sites is 1. The molecule has 0 atom stereocenters. The number of rotatable bonds is 7. The summed E-state index contributed by atoms with van der Waals surface area (Å²) in [5.41, 5.74) is 1.77. The van der Waals surface area contributed by atoms with Gasteiger partial charge in [0.2, 0.25) is 21.8 Å². The molecule has 1 aromatic carbocycles. The quantitative estimate of drug-likeness (QED) is 0.696. The Morgan fingerprint density at radius 1 is 1.13 bits per heavy atom.